The lowest BCUT2D eigenvalue weighted by atomic mass is 10.1. The van der Waals surface area contributed by atoms with Crippen LogP contribution >= 0.6 is 0 Å². The highest BCUT2D eigenvalue weighted by atomic mass is 16.6. The minimum atomic E-state index is -1.27. The molecule has 8 nitrogen and oxygen atoms in total. The first kappa shape index (κ1) is 21.3. The Morgan fingerprint density at radius 2 is 1.71 bits per heavy atom. The number of carboxylic acids is 1. The second kappa shape index (κ2) is 9.84. The molecular weight excluding hydrogens is 400 g/mol. The van der Waals surface area contributed by atoms with Gasteiger partial charge in [-0.15, -0.1) is 0 Å². The van der Waals surface area contributed by atoms with Crippen LogP contribution in [0.15, 0.2) is 84.6 Å². The maximum Gasteiger partial charge on any atom is 0.352 e. The average Bonchev–Trinajstić information content (AvgIpc) is 2.78. The number of benzene rings is 3. The molecule has 8 heteroatoms. The number of rotatable bonds is 8. The highest BCUT2D eigenvalue weighted by molar-refractivity contribution is 6.02. The number of aliphatic carboxylic acids is 1. The lowest BCUT2D eigenvalue weighted by Gasteiger charge is -2.08. The Kier molecular flexibility index (Phi) is 6.74. The van der Waals surface area contributed by atoms with Crippen LogP contribution in [-0.4, -0.2) is 21.9 Å². The number of hydrogen-bond acceptors (Lipinski definition) is 5. The summed E-state index contributed by atoms with van der Waals surface area (Å²) in [5.41, 5.74) is 1.27. The molecule has 1 amide bonds. The SMILES string of the molecule is O=C(O)/C(=C\c1ccc(OCc2cccc([N+](=O)[O-])c2)cc1)NC(=O)c1ccccc1. The summed E-state index contributed by atoms with van der Waals surface area (Å²) in [6.07, 6.45) is 1.34. The monoisotopic (exact) mass is 418 g/mol. The van der Waals surface area contributed by atoms with E-state index in [1.807, 2.05) is 0 Å². The third-order valence-electron chi connectivity index (χ3n) is 4.23. The number of carbonyl (C=O) groups excluding carboxylic acids is 1. The number of nitro groups is 1. The Balaban J connectivity index is 1.66. The molecule has 0 spiro atoms. The van der Waals surface area contributed by atoms with E-state index in [-0.39, 0.29) is 18.0 Å². The van der Waals surface area contributed by atoms with E-state index < -0.39 is 16.8 Å². The molecule has 31 heavy (non-hydrogen) atoms. The van der Waals surface area contributed by atoms with Crippen LogP contribution in [0.4, 0.5) is 5.69 Å². The summed E-state index contributed by atoms with van der Waals surface area (Å²) < 4.78 is 5.63. The standard InChI is InChI=1S/C23H18N2O6/c26-22(18-6-2-1-3-7-18)24-21(23(27)28)14-16-9-11-20(12-10-16)31-15-17-5-4-8-19(13-17)25(29)30/h1-14H,15H2,(H,24,26)(H,27,28)/b21-14+. The number of non-ortho nitro benzene ring substituents is 1. The van der Waals surface area contributed by atoms with E-state index in [0.29, 0.717) is 22.4 Å². The van der Waals surface area contributed by atoms with Gasteiger partial charge in [0.1, 0.15) is 18.1 Å². The molecular formula is C23H18N2O6. The van der Waals surface area contributed by atoms with Gasteiger partial charge in [-0.1, -0.05) is 42.5 Å². The van der Waals surface area contributed by atoms with Crippen molar-refractivity contribution in [1.82, 2.24) is 5.32 Å². The third kappa shape index (κ3) is 6.01. The maximum absolute atomic E-state index is 12.2. The van der Waals surface area contributed by atoms with Gasteiger partial charge in [0.15, 0.2) is 0 Å². The normalized spacial score (nSPS) is 10.9. The summed E-state index contributed by atoms with van der Waals surface area (Å²) in [5, 5.41) is 22.6. The van der Waals surface area contributed by atoms with Crippen LogP contribution in [0.1, 0.15) is 21.5 Å². The predicted molar refractivity (Wildman–Crippen MR) is 113 cm³/mol. The van der Waals surface area contributed by atoms with Crippen LogP contribution in [-0.2, 0) is 11.4 Å². The van der Waals surface area contributed by atoms with Crippen LogP contribution in [0.25, 0.3) is 6.08 Å². The fourth-order valence-electron chi connectivity index (χ4n) is 2.69. The molecule has 0 aliphatic rings. The summed E-state index contributed by atoms with van der Waals surface area (Å²) in [6.45, 7) is 0.143. The van der Waals surface area contributed by atoms with Gasteiger partial charge in [-0.2, -0.15) is 0 Å². The Labute approximate surface area is 177 Å². The van der Waals surface area contributed by atoms with Crippen LogP contribution in [0.3, 0.4) is 0 Å². The zero-order chi connectivity index (χ0) is 22.2. The fourth-order valence-corrected chi connectivity index (χ4v) is 2.69. The molecule has 0 unspecified atom stereocenters. The van der Waals surface area contributed by atoms with E-state index in [0.717, 1.165) is 0 Å². The number of nitrogens with one attached hydrogen (secondary N) is 1. The number of nitro benzene ring substituents is 1. The highest BCUT2D eigenvalue weighted by Crippen LogP contribution is 2.18. The largest absolute Gasteiger partial charge is 0.489 e. The molecule has 0 saturated heterocycles. The van der Waals surface area contributed by atoms with Gasteiger partial charge < -0.3 is 15.2 Å². The number of amides is 1. The van der Waals surface area contributed by atoms with Gasteiger partial charge in [0.25, 0.3) is 11.6 Å². The zero-order valence-corrected chi connectivity index (χ0v) is 16.2. The Bertz CT molecular complexity index is 1120. The smallest absolute Gasteiger partial charge is 0.352 e. The molecule has 2 N–H and O–H groups in total. The molecule has 0 heterocycles. The Morgan fingerprint density at radius 3 is 2.35 bits per heavy atom. The molecule has 0 radical (unpaired) electrons. The van der Waals surface area contributed by atoms with Crippen molar-refractivity contribution in [2.45, 2.75) is 6.61 Å². The van der Waals surface area contributed by atoms with Crippen LogP contribution in [0, 0.1) is 10.1 Å². The van der Waals surface area contributed by atoms with Crippen LogP contribution in [0.2, 0.25) is 0 Å². The average molecular weight is 418 g/mol. The predicted octanol–water partition coefficient (Wildman–Crippen LogP) is 4.03. The van der Waals surface area contributed by atoms with Crippen LogP contribution in [0.5, 0.6) is 5.75 Å². The first-order chi connectivity index (χ1) is 14.9. The van der Waals surface area contributed by atoms with Gasteiger partial charge in [0.05, 0.1) is 4.92 Å². The number of hydrogen-bond donors (Lipinski definition) is 2. The van der Waals surface area contributed by atoms with Crippen molar-refractivity contribution in [1.29, 1.82) is 0 Å². The lowest BCUT2D eigenvalue weighted by molar-refractivity contribution is -0.384. The highest BCUT2D eigenvalue weighted by Gasteiger charge is 2.13. The Morgan fingerprint density at radius 1 is 1.00 bits per heavy atom. The third-order valence-corrected chi connectivity index (χ3v) is 4.23. The van der Waals surface area contributed by atoms with Crippen molar-refractivity contribution in [3.8, 4) is 5.75 Å². The van der Waals surface area contributed by atoms with E-state index in [1.165, 1.54) is 18.2 Å². The van der Waals surface area contributed by atoms with Gasteiger partial charge in [-0.25, -0.2) is 4.79 Å². The van der Waals surface area contributed by atoms with E-state index in [1.54, 1.807) is 66.7 Å². The second-order valence-corrected chi connectivity index (χ2v) is 6.47. The molecule has 0 saturated carbocycles. The summed E-state index contributed by atoms with van der Waals surface area (Å²) in [4.78, 5) is 34.1. The summed E-state index contributed by atoms with van der Waals surface area (Å²) in [7, 11) is 0. The summed E-state index contributed by atoms with van der Waals surface area (Å²) >= 11 is 0. The van der Waals surface area contributed by atoms with E-state index in [9.17, 15) is 24.8 Å². The van der Waals surface area contributed by atoms with Crippen LogP contribution < -0.4 is 10.1 Å². The quantitative estimate of drug-likeness (QED) is 0.324. The van der Waals surface area contributed by atoms with Gasteiger partial charge in [0.2, 0.25) is 0 Å². The molecule has 0 bridgehead atoms. The number of nitrogens with zero attached hydrogens (tertiary/aromatic N) is 1. The summed E-state index contributed by atoms with van der Waals surface area (Å²) in [5.74, 6) is -1.28. The van der Waals surface area contributed by atoms with Crippen molar-refractivity contribution in [2.75, 3.05) is 0 Å². The molecule has 3 aromatic rings. The summed E-state index contributed by atoms with van der Waals surface area (Å²) in [6, 6.07) is 21.0. The topological polar surface area (TPSA) is 119 Å². The maximum atomic E-state index is 12.2. The van der Waals surface area contributed by atoms with Crippen molar-refractivity contribution in [2.24, 2.45) is 0 Å². The van der Waals surface area contributed by atoms with Crippen molar-refractivity contribution in [3.63, 3.8) is 0 Å². The van der Waals surface area contributed by atoms with E-state index in [2.05, 4.69) is 5.32 Å². The minimum Gasteiger partial charge on any atom is -0.489 e. The molecule has 0 fully saturated rings. The van der Waals surface area contributed by atoms with Gasteiger partial charge >= 0.3 is 5.97 Å². The first-order valence-electron chi connectivity index (χ1n) is 9.20. The number of carboxylic acid groups (broad SMARTS) is 1. The number of carbonyl (C=O) groups is 2. The van der Waals surface area contributed by atoms with Crippen molar-refractivity contribution in [3.05, 3.63) is 111 Å². The molecule has 3 rings (SSSR count). The molecule has 156 valence electrons. The first-order valence-corrected chi connectivity index (χ1v) is 9.20. The van der Waals surface area contributed by atoms with E-state index >= 15 is 0 Å². The second-order valence-electron chi connectivity index (χ2n) is 6.47. The lowest BCUT2D eigenvalue weighted by Crippen LogP contribution is -2.27. The fraction of sp³-hybridized carbons (Fsp3) is 0.0435. The van der Waals surface area contributed by atoms with Gasteiger partial charge in [-0.3, -0.25) is 14.9 Å². The van der Waals surface area contributed by atoms with Crippen molar-refractivity contribution >= 4 is 23.6 Å². The van der Waals surface area contributed by atoms with Gasteiger partial charge in [-0.05, 0) is 41.5 Å². The van der Waals surface area contributed by atoms with Crippen molar-refractivity contribution < 1.29 is 24.4 Å². The minimum absolute atomic E-state index is 0.0136. The molecule has 0 atom stereocenters. The number of ether oxygens (including phenoxy) is 1. The Hall–Kier alpha value is -4.46. The molecule has 3 aromatic carbocycles. The molecule has 0 aliphatic carbocycles. The molecule has 0 aliphatic heterocycles. The van der Waals surface area contributed by atoms with Gasteiger partial charge in [0, 0.05) is 17.7 Å². The molecule has 0 aromatic heterocycles. The zero-order valence-electron chi connectivity index (χ0n) is 16.2. The van der Waals surface area contributed by atoms with E-state index in [4.69, 9.17) is 4.74 Å².